The number of hydrogen-bond donors (Lipinski definition) is 1. The van der Waals surface area contributed by atoms with Crippen molar-refractivity contribution in [2.45, 2.75) is 44.6 Å². The zero-order valence-electron chi connectivity index (χ0n) is 19.8. The van der Waals surface area contributed by atoms with Crippen molar-refractivity contribution in [2.24, 2.45) is 5.92 Å². The number of methoxy groups -OCH3 is 1. The van der Waals surface area contributed by atoms with E-state index in [4.69, 9.17) is 14.0 Å². The minimum absolute atomic E-state index is 0.0858. The first kappa shape index (κ1) is 23.5. The minimum atomic E-state index is -0.739. The fraction of sp³-hybridized carbons (Fsp3) is 0.407. The van der Waals surface area contributed by atoms with Gasteiger partial charge in [0.25, 0.3) is 0 Å². The Bertz CT molecular complexity index is 1210. The molecule has 0 radical (unpaired) electrons. The maximum absolute atomic E-state index is 13.1. The molecule has 1 spiro atoms. The second-order valence-electron chi connectivity index (χ2n) is 9.33. The molecule has 1 amide bonds. The topological polar surface area (TPSA) is 92.5 Å². The molecule has 2 aliphatic rings. The average molecular weight is 479 g/mol. The third-order valence-electron chi connectivity index (χ3n) is 7.29. The van der Waals surface area contributed by atoms with Gasteiger partial charge >= 0.3 is 5.97 Å². The van der Waals surface area contributed by atoms with Gasteiger partial charge in [0.2, 0.25) is 5.91 Å². The van der Waals surface area contributed by atoms with Gasteiger partial charge in [-0.25, -0.2) is 5.06 Å². The lowest BCUT2D eigenvalue weighted by Gasteiger charge is -2.45. The van der Waals surface area contributed by atoms with Gasteiger partial charge in [-0.1, -0.05) is 36.4 Å². The summed E-state index contributed by atoms with van der Waals surface area (Å²) in [6.07, 6.45) is 1.26. The van der Waals surface area contributed by atoms with Gasteiger partial charge in [0, 0.05) is 19.5 Å². The first-order valence-electron chi connectivity index (χ1n) is 11.9. The van der Waals surface area contributed by atoms with Gasteiger partial charge in [-0.3, -0.25) is 19.3 Å². The van der Waals surface area contributed by atoms with Crippen molar-refractivity contribution in [3.63, 3.8) is 0 Å². The fourth-order valence-corrected chi connectivity index (χ4v) is 5.41. The highest BCUT2D eigenvalue weighted by molar-refractivity contribution is 5.88. The maximum atomic E-state index is 13.1. The van der Waals surface area contributed by atoms with Crippen molar-refractivity contribution in [3.8, 4) is 0 Å². The van der Waals surface area contributed by atoms with Gasteiger partial charge < -0.3 is 14.3 Å². The molecule has 8 heteroatoms. The molecule has 2 aromatic carbocycles. The summed E-state index contributed by atoms with van der Waals surface area (Å²) in [4.78, 5) is 34.1. The number of ether oxygens (including phenoxy) is 1. The number of benzene rings is 2. The minimum Gasteiger partial charge on any atom is -0.469 e. The highest BCUT2D eigenvalue weighted by Crippen LogP contribution is 2.45. The van der Waals surface area contributed by atoms with Crippen LogP contribution in [-0.2, 0) is 38.9 Å². The molecule has 0 bridgehead atoms. The van der Waals surface area contributed by atoms with Crippen LogP contribution in [0.2, 0.25) is 0 Å². The van der Waals surface area contributed by atoms with E-state index in [2.05, 4.69) is 17.0 Å². The van der Waals surface area contributed by atoms with Crippen molar-refractivity contribution >= 4 is 22.6 Å². The molecule has 2 aliphatic heterocycles. The van der Waals surface area contributed by atoms with Gasteiger partial charge in [-0.15, -0.1) is 0 Å². The molecular weight excluding hydrogens is 448 g/mol. The molecule has 2 fully saturated rings. The smallest absolute Gasteiger partial charge is 0.311 e. The third kappa shape index (κ3) is 4.57. The maximum Gasteiger partial charge on any atom is 0.311 e. The van der Waals surface area contributed by atoms with Crippen LogP contribution in [0.5, 0.6) is 0 Å². The fourth-order valence-electron chi connectivity index (χ4n) is 5.41. The Morgan fingerprint density at radius 2 is 1.83 bits per heavy atom. The standard InChI is InChI=1S/C27H30N2O6/c1-33-26(32)24-15-25(31)29(34-18-19-6-7-20-4-2-3-5-21(20)14-19)27(24)10-12-28(13-11-27)16-22-8-9-23(17-30)35-22/h2-9,14,24,30H,10-13,15-18H2,1H3/t24-/m0/s1. The van der Waals surface area contributed by atoms with E-state index in [1.54, 1.807) is 6.07 Å². The first-order chi connectivity index (χ1) is 17.0. The molecular formula is C27H30N2O6. The Morgan fingerprint density at radius 1 is 1.09 bits per heavy atom. The number of carbonyl (C=O) groups excluding carboxylic acids is 2. The molecule has 184 valence electrons. The van der Waals surface area contributed by atoms with E-state index in [1.807, 2.05) is 36.4 Å². The summed E-state index contributed by atoms with van der Waals surface area (Å²) in [5, 5.41) is 13.0. The molecule has 1 aromatic heterocycles. The second-order valence-corrected chi connectivity index (χ2v) is 9.33. The van der Waals surface area contributed by atoms with E-state index in [9.17, 15) is 14.7 Å². The number of hydrogen-bond acceptors (Lipinski definition) is 7. The van der Waals surface area contributed by atoms with Gasteiger partial charge in [-0.2, -0.15) is 0 Å². The van der Waals surface area contributed by atoms with E-state index in [1.165, 1.54) is 12.2 Å². The predicted molar refractivity (Wildman–Crippen MR) is 128 cm³/mol. The summed E-state index contributed by atoms with van der Waals surface area (Å²) in [5.41, 5.74) is 0.222. The van der Waals surface area contributed by atoms with Crippen LogP contribution in [0.15, 0.2) is 59.0 Å². The summed E-state index contributed by atoms with van der Waals surface area (Å²) in [7, 11) is 1.36. The number of esters is 1. The Hall–Kier alpha value is -3.20. The summed E-state index contributed by atoms with van der Waals surface area (Å²) in [6, 6.07) is 17.8. The molecule has 1 N–H and O–H groups in total. The third-order valence-corrected chi connectivity index (χ3v) is 7.29. The van der Waals surface area contributed by atoms with Crippen molar-refractivity contribution < 1.29 is 28.7 Å². The molecule has 5 rings (SSSR count). The molecule has 2 saturated heterocycles. The lowest BCUT2D eigenvalue weighted by molar-refractivity contribution is -0.229. The highest BCUT2D eigenvalue weighted by atomic mass is 16.7. The summed E-state index contributed by atoms with van der Waals surface area (Å²) in [6.45, 7) is 2.06. The number of aliphatic hydroxyl groups excluding tert-OH is 1. The Morgan fingerprint density at radius 3 is 2.54 bits per heavy atom. The molecule has 1 atom stereocenters. The van der Waals surface area contributed by atoms with Crippen LogP contribution >= 0.6 is 0 Å². The van der Waals surface area contributed by atoms with E-state index >= 15 is 0 Å². The molecule has 3 aromatic rings. The SMILES string of the molecule is COC(=O)[C@@H]1CC(=O)N(OCc2ccc3ccccc3c2)C12CCN(Cc1ccc(CO)o1)CC2. The quantitative estimate of drug-likeness (QED) is 0.520. The van der Waals surface area contributed by atoms with E-state index in [-0.39, 0.29) is 31.5 Å². The monoisotopic (exact) mass is 478 g/mol. The van der Waals surface area contributed by atoms with E-state index in [0.29, 0.717) is 38.2 Å². The molecule has 3 heterocycles. The van der Waals surface area contributed by atoms with Crippen molar-refractivity contribution in [2.75, 3.05) is 20.2 Å². The Labute approximate surface area is 204 Å². The Balaban J connectivity index is 1.32. The van der Waals surface area contributed by atoms with Gasteiger partial charge in [0.1, 0.15) is 24.7 Å². The Kier molecular flexibility index (Phi) is 6.60. The van der Waals surface area contributed by atoms with Crippen LogP contribution < -0.4 is 0 Å². The largest absolute Gasteiger partial charge is 0.469 e. The number of nitrogens with zero attached hydrogens (tertiary/aromatic N) is 2. The summed E-state index contributed by atoms with van der Waals surface area (Å²) < 4.78 is 10.7. The van der Waals surface area contributed by atoms with Crippen LogP contribution in [0.25, 0.3) is 10.8 Å². The number of hydroxylamine groups is 2. The number of fused-ring (bicyclic) bond motifs is 1. The van der Waals surface area contributed by atoms with Gasteiger partial charge in [0.15, 0.2) is 0 Å². The van der Waals surface area contributed by atoms with Crippen LogP contribution in [0, 0.1) is 5.92 Å². The molecule has 35 heavy (non-hydrogen) atoms. The molecule has 0 saturated carbocycles. The number of aliphatic hydroxyl groups is 1. The van der Waals surface area contributed by atoms with Crippen LogP contribution in [0.1, 0.15) is 36.3 Å². The van der Waals surface area contributed by atoms with Crippen molar-refractivity contribution in [1.82, 2.24) is 9.96 Å². The molecule has 0 aliphatic carbocycles. The second kappa shape index (κ2) is 9.81. The van der Waals surface area contributed by atoms with E-state index < -0.39 is 11.5 Å². The predicted octanol–water partition coefficient (Wildman–Crippen LogP) is 3.41. The van der Waals surface area contributed by atoms with Crippen molar-refractivity contribution in [3.05, 3.63) is 71.7 Å². The molecule has 0 unspecified atom stereocenters. The highest BCUT2D eigenvalue weighted by Gasteiger charge is 2.58. The van der Waals surface area contributed by atoms with Crippen LogP contribution in [0.4, 0.5) is 0 Å². The number of carbonyl (C=O) groups is 2. The van der Waals surface area contributed by atoms with E-state index in [0.717, 1.165) is 22.1 Å². The average Bonchev–Trinajstić information content (AvgIpc) is 3.45. The molecule has 8 nitrogen and oxygen atoms in total. The zero-order valence-corrected chi connectivity index (χ0v) is 19.8. The first-order valence-corrected chi connectivity index (χ1v) is 11.9. The normalized spacial score (nSPS) is 20.1. The summed E-state index contributed by atoms with van der Waals surface area (Å²) >= 11 is 0. The lowest BCUT2D eigenvalue weighted by Crippen LogP contribution is -2.57. The number of furan rings is 1. The van der Waals surface area contributed by atoms with Crippen LogP contribution in [0.3, 0.4) is 0 Å². The zero-order chi connectivity index (χ0) is 24.4. The van der Waals surface area contributed by atoms with Crippen molar-refractivity contribution in [1.29, 1.82) is 0 Å². The van der Waals surface area contributed by atoms with Gasteiger partial charge in [0.05, 0.1) is 25.1 Å². The summed E-state index contributed by atoms with van der Waals surface area (Å²) in [5.74, 6) is 0.189. The number of rotatable bonds is 7. The lowest BCUT2D eigenvalue weighted by atomic mass is 9.77. The number of amides is 1. The number of likely N-dealkylation sites (tertiary alicyclic amines) is 1. The number of piperidine rings is 1. The van der Waals surface area contributed by atoms with Gasteiger partial charge in [-0.05, 0) is 47.4 Å². The van der Waals surface area contributed by atoms with Crippen LogP contribution in [-0.4, -0.2) is 52.7 Å².